The fourth-order valence-corrected chi connectivity index (χ4v) is 4.15. The second-order valence-corrected chi connectivity index (χ2v) is 8.02. The third-order valence-corrected chi connectivity index (χ3v) is 6.05. The monoisotopic (exact) mass is 410 g/mol. The molecule has 3 N–H and O–H groups in total. The standard InChI is InChI=1S/C18H22N10S/c1-11-4-17(29-24-11)27(19)16-5-15(26-9-13(10-26)20-2)23-18-14(7-22-28(16)18)12-6-21-25(3)8-12/h4-8,13,20H,9-10,19H2,1-3H3. The predicted octanol–water partition coefficient (Wildman–Crippen LogP) is 1.31. The summed E-state index contributed by atoms with van der Waals surface area (Å²) in [4.78, 5) is 7.15. The Morgan fingerprint density at radius 3 is 2.72 bits per heavy atom. The molecule has 0 bridgehead atoms. The maximum atomic E-state index is 6.50. The van der Waals surface area contributed by atoms with E-state index in [-0.39, 0.29) is 0 Å². The maximum Gasteiger partial charge on any atom is 0.167 e. The van der Waals surface area contributed by atoms with E-state index in [2.05, 4.69) is 24.8 Å². The molecule has 29 heavy (non-hydrogen) atoms. The van der Waals surface area contributed by atoms with E-state index < -0.39 is 0 Å². The highest BCUT2D eigenvalue weighted by atomic mass is 32.1. The van der Waals surface area contributed by atoms with E-state index in [0.29, 0.717) is 6.04 Å². The summed E-state index contributed by atoms with van der Waals surface area (Å²) in [5.74, 6) is 8.11. The lowest BCUT2D eigenvalue weighted by Crippen LogP contribution is -2.57. The zero-order chi connectivity index (χ0) is 20.1. The summed E-state index contributed by atoms with van der Waals surface area (Å²) in [5.41, 5.74) is 3.56. The number of nitrogens with one attached hydrogen (secondary N) is 1. The minimum Gasteiger partial charge on any atom is -0.353 e. The van der Waals surface area contributed by atoms with Gasteiger partial charge in [0, 0.05) is 49.6 Å². The number of nitrogens with two attached hydrogens (primary N) is 1. The van der Waals surface area contributed by atoms with Crippen LogP contribution in [-0.2, 0) is 7.05 Å². The lowest BCUT2D eigenvalue weighted by molar-refractivity contribution is 0.447. The molecule has 0 amide bonds. The molecule has 0 atom stereocenters. The summed E-state index contributed by atoms with van der Waals surface area (Å²) < 4.78 is 7.89. The Balaban J connectivity index is 1.65. The van der Waals surface area contributed by atoms with Crippen LogP contribution in [-0.4, -0.2) is 54.9 Å². The Hall–Kier alpha value is -3.02. The number of hydrogen-bond donors (Lipinski definition) is 2. The summed E-state index contributed by atoms with van der Waals surface area (Å²) in [7, 11) is 3.88. The van der Waals surface area contributed by atoms with E-state index >= 15 is 0 Å². The van der Waals surface area contributed by atoms with Crippen LogP contribution in [0.1, 0.15) is 5.69 Å². The van der Waals surface area contributed by atoms with Crippen LogP contribution < -0.4 is 21.1 Å². The topological polar surface area (TPSA) is 105 Å². The molecule has 0 unspecified atom stereocenters. The summed E-state index contributed by atoms with van der Waals surface area (Å²) in [6.45, 7) is 3.76. The molecule has 1 aliphatic rings. The number of aryl methyl sites for hydroxylation is 2. The van der Waals surface area contributed by atoms with E-state index in [1.54, 1.807) is 14.2 Å². The first kappa shape index (κ1) is 18.0. The van der Waals surface area contributed by atoms with Crippen LogP contribution in [0.4, 0.5) is 16.6 Å². The van der Waals surface area contributed by atoms with Crippen molar-refractivity contribution < 1.29 is 0 Å². The van der Waals surface area contributed by atoms with Gasteiger partial charge < -0.3 is 10.2 Å². The van der Waals surface area contributed by atoms with Crippen LogP contribution in [0, 0.1) is 6.92 Å². The van der Waals surface area contributed by atoms with Gasteiger partial charge >= 0.3 is 0 Å². The van der Waals surface area contributed by atoms with Crippen LogP contribution in [0.2, 0.25) is 0 Å². The molecule has 10 nitrogen and oxygen atoms in total. The largest absolute Gasteiger partial charge is 0.353 e. The Morgan fingerprint density at radius 1 is 1.24 bits per heavy atom. The quantitative estimate of drug-likeness (QED) is 0.375. The Morgan fingerprint density at radius 2 is 2.07 bits per heavy atom. The highest BCUT2D eigenvalue weighted by molar-refractivity contribution is 7.10. The maximum absolute atomic E-state index is 6.50. The fourth-order valence-electron chi connectivity index (χ4n) is 3.46. The number of aromatic nitrogens is 6. The third-order valence-electron chi connectivity index (χ3n) is 5.17. The molecule has 1 saturated heterocycles. The molecule has 1 fully saturated rings. The van der Waals surface area contributed by atoms with Gasteiger partial charge in [-0.25, -0.2) is 10.8 Å². The fraction of sp³-hybridized carbons (Fsp3) is 0.333. The highest BCUT2D eigenvalue weighted by Gasteiger charge is 2.28. The molecule has 0 saturated carbocycles. The first-order valence-corrected chi connectivity index (χ1v) is 10.1. The molecule has 4 aromatic rings. The van der Waals surface area contributed by atoms with Gasteiger partial charge in [0.15, 0.2) is 11.5 Å². The lowest BCUT2D eigenvalue weighted by atomic mass is 10.1. The Bertz CT molecular complexity index is 1170. The van der Waals surface area contributed by atoms with Gasteiger partial charge in [0.05, 0.1) is 18.1 Å². The molecule has 5 heterocycles. The molecule has 0 spiro atoms. The van der Waals surface area contributed by atoms with Crippen molar-refractivity contribution in [3.05, 3.63) is 36.4 Å². The number of fused-ring (bicyclic) bond motifs is 1. The van der Waals surface area contributed by atoms with Gasteiger partial charge in [0.1, 0.15) is 10.8 Å². The van der Waals surface area contributed by atoms with Crippen molar-refractivity contribution in [1.82, 2.24) is 34.1 Å². The van der Waals surface area contributed by atoms with Gasteiger partial charge in [-0.1, -0.05) is 0 Å². The van der Waals surface area contributed by atoms with Crippen molar-refractivity contribution in [2.75, 3.05) is 30.0 Å². The number of hydrazine groups is 1. The molecule has 5 rings (SSSR count). The smallest absolute Gasteiger partial charge is 0.167 e. The Kier molecular flexibility index (Phi) is 4.23. The van der Waals surface area contributed by atoms with Crippen molar-refractivity contribution in [2.45, 2.75) is 13.0 Å². The number of nitrogens with zero attached hydrogens (tertiary/aromatic N) is 8. The molecular weight excluding hydrogens is 388 g/mol. The van der Waals surface area contributed by atoms with Crippen molar-refractivity contribution in [1.29, 1.82) is 0 Å². The summed E-state index contributed by atoms with van der Waals surface area (Å²) >= 11 is 1.36. The van der Waals surface area contributed by atoms with Crippen molar-refractivity contribution in [3.63, 3.8) is 0 Å². The van der Waals surface area contributed by atoms with Crippen LogP contribution in [0.15, 0.2) is 30.7 Å². The van der Waals surface area contributed by atoms with Crippen molar-refractivity contribution in [2.24, 2.45) is 12.9 Å². The minimum absolute atomic E-state index is 0.470. The van der Waals surface area contributed by atoms with Gasteiger partial charge in [-0.3, -0.25) is 9.69 Å². The number of rotatable bonds is 5. The summed E-state index contributed by atoms with van der Waals surface area (Å²) in [5, 5.41) is 14.6. The molecule has 0 aliphatic carbocycles. The average Bonchev–Trinajstić information content (AvgIpc) is 3.39. The second kappa shape index (κ2) is 6.79. The van der Waals surface area contributed by atoms with Crippen LogP contribution >= 0.6 is 11.5 Å². The van der Waals surface area contributed by atoms with Crippen LogP contribution in [0.25, 0.3) is 16.8 Å². The molecule has 0 radical (unpaired) electrons. The van der Waals surface area contributed by atoms with E-state index in [1.807, 2.05) is 51.7 Å². The zero-order valence-corrected chi connectivity index (χ0v) is 17.3. The van der Waals surface area contributed by atoms with Crippen LogP contribution in [0.5, 0.6) is 0 Å². The molecule has 11 heteroatoms. The van der Waals surface area contributed by atoms with Crippen molar-refractivity contribution in [3.8, 4) is 11.1 Å². The molecule has 150 valence electrons. The van der Waals surface area contributed by atoms with Gasteiger partial charge in [0.25, 0.3) is 0 Å². The third kappa shape index (κ3) is 3.03. The Labute approximate surface area is 171 Å². The molecular formula is C18H22N10S. The summed E-state index contributed by atoms with van der Waals surface area (Å²) in [6.07, 6.45) is 5.59. The number of likely N-dealkylation sites (N-methyl/N-ethyl adjacent to an activating group) is 1. The van der Waals surface area contributed by atoms with Gasteiger partial charge in [-0.15, -0.1) is 0 Å². The van der Waals surface area contributed by atoms with E-state index in [9.17, 15) is 0 Å². The molecule has 4 aromatic heterocycles. The molecule has 0 aromatic carbocycles. The predicted molar refractivity (Wildman–Crippen MR) is 113 cm³/mol. The first-order chi connectivity index (χ1) is 14.0. The zero-order valence-electron chi connectivity index (χ0n) is 16.4. The van der Waals surface area contributed by atoms with Gasteiger partial charge in [-0.2, -0.15) is 19.1 Å². The van der Waals surface area contributed by atoms with Crippen LogP contribution in [0.3, 0.4) is 0 Å². The van der Waals surface area contributed by atoms with Gasteiger partial charge in [-0.05, 0) is 31.6 Å². The lowest BCUT2D eigenvalue weighted by Gasteiger charge is -2.40. The first-order valence-electron chi connectivity index (χ1n) is 9.31. The number of anilines is 3. The minimum atomic E-state index is 0.470. The second-order valence-electron chi connectivity index (χ2n) is 7.24. The summed E-state index contributed by atoms with van der Waals surface area (Å²) in [6, 6.07) is 4.41. The normalized spacial score (nSPS) is 14.6. The average molecular weight is 411 g/mol. The van der Waals surface area contributed by atoms with E-state index in [1.165, 1.54) is 11.5 Å². The van der Waals surface area contributed by atoms with Crippen molar-refractivity contribution >= 4 is 33.8 Å². The molecule has 1 aliphatic heterocycles. The van der Waals surface area contributed by atoms with E-state index in [0.717, 1.165) is 52.2 Å². The SMILES string of the molecule is CNC1CN(c2cc(N(N)c3cc(C)ns3)n3ncc(-c4cnn(C)c4)c3n2)C1. The van der Waals surface area contributed by atoms with Gasteiger partial charge in [0.2, 0.25) is 0 Å². The number of hydrogen-bond acceptors (Lipinski definition) is 9. The van der Waals surface area contributed by atoms with E-state index in [4.69, 9.17) is 10.8 Å². The highest BCUT2D eigenvalue weighted by Crippen LogP contribution is 2.33.